The van der Waals surface area contributed by atoms with Crippen LogP contribution >= 0.6 is 0 Å². The first-order chi connectivity index (χ1) is 13.5. The van der Waals surface area contributed by atoms with Gasteiger partial charge >= 0.3 is 0 Å². The minimum atomic E-state index is -0.308. The first-order valence-electron chi connectivity index (χ1n) is 8.72. The molecule has 2 aromatic heterocycles. The predicted molar refractivity (Wildman–Crippen MR) is 112 cm³/mol. The van der Waals surface area contributed by atoms with Crippen molar-refractivity contribution in [2.24, 2.45) is 5.84 Å². The van der Waals surface area contributed by atoms with Crippen LogP contribution in [-0.4, -0.2) is 33.1 Å². The van der Waals surface area contributed by atoms with Crippen molar-refractivity contribution in [3.63, 3.8) is 0 Å². The van der Waals surface area contributed by atoms with Gasteiger partial charge in [-0.2, -0.15) is 5.10 Å². The van der Waals surface area contributed by atoms with E-state index in [0.29, 0.717) is 11.3 Å². The lowest BCUT2D eigenvalue weighted by atomic mass is 9.99. The molecule has 2 aromatic carbocycles. The summed E-state index contributed by atoms with van der Waals surface area (Å²) in [6.45, 7) is 3.80. The molecule has 0 aliphatic carbocycles. The molecule has 4 aromatic rings. The summed E-state index contributed by atoms with van der Waals surface area (Å²) in [7, 11) is 1.67. The summed E-state index contributed by atoms with van der Waals surface area (Å²) in [5, 5.41) is 13.3. The van der Waals surface area contributed by atoms with Crippen molar-refractivity contribution in [3.8, 4) is 11.1 Å². The summed E-state index contributed by atoms with van der Waals surface area (Å²) in [5.41, 5.74) is 4.89. The van der Waals surface area contributed by atoms with Crippen molar-refractivity contribution in [1.29, 1.82) is 0 Å². The van der Waals surface area contributed by atoms with Gasteiger partial charge in [-0.3, -0.25) is 9.89 Å². The van der Waals surface area contributed by atoms with E-state index in [-0.39, 0.29) is 5.91 Å². The Bertz CT molecular complexity index is 1210. The number of nitrogens with zero attached hydrogens (tertiary/aromatic N) is 2. The number of carbonyl (C=O) groups excluding carboxylic acids is 1. The second-order valence-electron chi connectivity index (χ2n) is 6.56. The fraction of sp³-hybridized carbons (Fsp3) is 0.0476. The molecule has 0 spiro atoms. The van der Waals surface area contributed by atoms with Gasteiger partial charge in [0, 0.05) is 41.3 Å². The minimum absolute atomic E-state index is 0.298. The Hall–Kier alpha value is -3.84. The maximum atomic E-state index is 12.6. The van der Waals surface area contributed by atoms with Crippen molar-refractivity contribution in [3.05, 3.63) is 73.2 Å². The molecule has 0 aliphatic rings. The normalized spacial score (nSPS) is 11.4. The monoisotopic (exact) mass is 372 g/mol. The van der Waals surface area contributed by atoms with Crippen LogP contribution in [-0.2, 0) is 4.79 Å². The Labute approximate surface area is 161 Å². The van der Waals surface area contributed by atoms with Crippen molar-refractivity contribution in [2.75, 3.05) is 12.4 Å². The summed E-state index contributed by atoms with van der Waals surface area (Å²) in [6, 6.07) is 12.1. The molecular formula is C21H20N6O. The van der Waals surface area contributed by atoms with Gasteiger partial charge in [-0.1, -0.05) is 18.7 Å². The van der Waals surface area contributed by atoms with Gasteiger partial charge < -0.3 is 15.3 Å². The molecule has 2 heterocycles. The number of nitrogens with one attached hydrogen (secondary N) is 3. The first-order valence-corrected chi connectivity index (χ1v) is 8.72. The maximum Gasteiger partial charge on any atom is 0.255 e. The van der Waals surface area contributed by atoms with E-state index in [1.807, 2.05) is 36.5 Å². The highest BCUT2D eigenvalue weighted by molar-refractivity contribution is 6.10. The van der Waals surface area contributed by atoms with E-state index < -0.39 is 0 Å². The molecule has 0 radical (unpaired) electrons. The van der Waals surface area contributed by atoms with Crippen molar-refractivity contribution < 1.29 is 4.79 Å². The molecule has 140 valence electrons. The van der Waals surface area contributed by atoms with E-state index in [9.17, 15) is 4.79 Å². The van der Waals surface area contributed by atoms with Crippen LogP contribution in [0.3, 0.4) is 0 Å². The number of nitrogens with two attached hydrogens (primary N) is 1. The third-order valence-electron chi connectivity index (χ3n) is 4.52. The number of aromatic nitrogens is 3. The van der Waals surface area contributed by atoms with Gasteiger partial charge in [-0.25, -0.2) is 5.84 Å². The van der Waals surface area contributed by atoms with Gasteiger partial charge in [0.15, 0.2) is 0 Å². The molecule has 0 aliphatic heterocycles. The Kier molecular flexibility index (Phi) is 4.42. The van der Waals surface area contributed by atoms with E-state index in [1.165, 1.54) is 5.01 Å². The number of anilines is 1. The summed E-state index contributed by atoms with van der Waals surface area (Å²) in [6.07, 6.45) is 6.74. The topological polar surface area (TPSA) is 103 Å². The number of aromatic amines is 2. The van der Waals surface area contributed by atoms with Gasteiger partial charge in [-0.05, 0) is 41.5 Å². The van der Waals surface area contributed by atoms with E-state index in [4.69, 9.17) is 5.84 Å². The highest BCUT2D eigenvalue weighted by Gasteiger charge is 2.13. The van der Waals surface area contributed by atoms with Crippen molar-refractivity contribution in [2.45, 2.75) is 0 Å². The number of carbonyl (C=O) groups is 1. The molecule has 28 heavy (non-hydrogen) atoms. The Balaban J connectivity index is 1.75. The quantitative estimate of drug-likeness (QED) is 0.186. The summed E-state index contributed by atoms with van der Waals surface area (Å²) in [4.78, 5) is 15.8. The molecule has 1 amide bonds. The van der Waals surface area contributed by atoms with Crippen LogP contribution in [0.1, 0.15) is 0 Å². The zero-order valence-corrected chi connectivity index (χ0v) is 15.4. The minimum Gasteiger partial charge on any atom is -0.361 e. The largest absolute Gasteiger partial charge is 0.361 e. The lowest BCUT2D eigenvalue weighted by molar-refractivity contribution is -0.112. The number of hydrogen-bond donors (Lipinski definition) is 4. The summed E-state index contributed by atoms with van der Waals surface area (Å²) >= 11 is 0. The fourth-order valence-corrected chi connectivity index (χ4v) is 3.13. The van der Waals surface area contributed by atoms with Crippen LogP contribution < -0.4 is 11.2 Å². The highest BCUT2D eigenvalue weighted by atomic mass is 16.1. The molecule has 7 heteroatoms. The number of H-pyrrole nitrogens is 2. The molecule has 0 atom stereocenters. The molecule has 4 rings (SSSR count). The molecule has 7 nitrogen and oxygen atoms in total. The van der Waals surface area contributed by atoms with Crippen LogP contribution in [0.2, 0.25) is 0 Å². The highest BCUT2D eigenvalue weighted by Crippen LogP contribution is 2.34. The van der Waals surface area contributed by atoms with E-state index in [1.54, 1.807) is 25.5 Å². The number of benzene rings is 2. The summed E-state index contributed by atoms with van der Waals surface area (Å²) < 4.78 is 0. The van der Waals surface area contributed by atoms with Crippen LogP contribution in [0.5, 0.6) is 0 Å². The van der Waals surface area contributed by atoms with Crippen LogP contribution in [0.25, 0.3) is 32.9 Å². The summed E-state index contributed by atoms with van der Waals surface area (Å²) in [5.74, 6) is 5.23. The van der Waals surface area contributed by atoms with Gasteiger partial charge in [-0.15, -0.1) is 0 Å². The lowest BCUT2D eigenvalue weighted by Crippen LogP contribution is -2.19. The molecule has 0 fully saturated rings. The molecule has 5 N–H and O–H groups in total. The lowest BCUT2D eigenvalue weighted by Gasteiger charge is -2.11. The zero-order chi connectivity index (χ0) is 19.7. The van der Waals surface area contributed by atoms with Gasteiger partial charge in [0.2, 0.25) is 0 Å². The van der Waals surface area contributed by atoms with E-state index in [2.05, 4.69) is 33.1 Å². The number of amides is 1. The Morgan fingerprint density at radius 2 is 2.11 bits per heavy atom. The van der Waals surface area contributed by atoms with Crippen LogP contribution in [0.4, 0.5) is 5.69 Å². The number of rotatable bonds is 5. The molecule has 0 saturated carbocycles. The van der Waals surface area contributed by atoms with Crippen molar-refractivity contribution in [1.82, 2.24) is 20.2 Å². The maximum absolute atomic E-state index is 12.6. The second-order valence-corrected chi connectivity index (χ2v) is 6.56. The zero-order valence-electron chi connectivity index (χ0n) is 15.4. The predicted octanol–water partition coefficient (Wildman–Crippen LogP) is 3.53. The average Bonchev–Trinajstić information content (AvgIpc) is 3.34. The Morgan fingerprint density at radius 3 is 2.93 bits per heavy atom. The second kappa shape index (κ2) is 7.05. The van der Waals surface area contributed by atoms with Gasteiger partial charge in [0.25, 0.3) is 5.91 Å². The van der Waals surface area contributed by atoms with Crippen LogP contribution in [0, 0.1) is 0 Å². The third kappa shape index (κ3) is 3.26. The standard InChI is InChI=1S/C21H20N6O/c1-13(7-9-27(2)22)21(28)25-19-10-14(11-20-17(19)12-24-26-20)15-4-3-5-18-16(15)6-8-23-18/h3-12,23H,1,22H2,2H3,(H,24,26)(H,25,28)/b9-7-. The van der Waals surface area contributed by atoms with Gasteiger partial charge in [0.1, 0.15) is 0 Å². The molecule has 0 bridgehead atoms. The smallest absolute Gasteiger partial charge is 0.255 e. The molecule has 0 unspecified atom stereocenters. The van der Waals surface area contributed by atoms with Crippen molar-refractivity contribution >= 4 is 33.4 Å². The van der Waals surface area contributed by atoms with E-state index in [0.717, 1.165) is 32.9 Å². The number of hydrazine groups is 1. The van der Waals surface area contributed by atoms with Gasteiger partial charge in [0.05, 0.1) is 17.4 Å². The number of hydrogen-bond acceptors (Lipinski definition) is 4. The fourth-order valence-electron chi connectivity index (χ4n) is 3.13. The SMILES string of the molecule is C=C(/C=C\N(C)N)C(=O)Nc1cc(-c2cccc3[nH]ccc23)cc2[nH]ncc12. The molecule has 0 saturated heterocycles. The first kappa shape index (κ1) is 17.6. The molecular weight excluding hydrogens is 352 g/mol. The average molecular weight is 372 g/mol. The number of fused-ring (bicyclic) bond motifs is 2. The third-order valence-corrected chi connectivity index (χ3v) is 4.52. The van der Waals surface area contributed by atoms with Crippen LogP contribution in [0.15, 0.2) is 73.2 Å². The Morgan fingerprint density at radius 1 is 1.25 bits per heavy atom. The van der Waals surface area contributed by atoms with E-state index >= 15 is 0 Å².